The molecule has 0 saturated carbocycles. The van der Waals surface area contributed by atoms with E-state index in [1.54, 1.807) is 17.8 Å². The van der Waals surface area contributed by atoms with Gasteiger partial charge in [0, 0.05) is 54.5 Å². The summed E-state index contributed by atoms with van der Waals surface area (Å²) in [7, 11) is 0. The summed E-state index contributed by atoms with van der Waals surface area (Å²) < 4.78 is 1.96. The molecule has 25 heavy (non-hydrogen) atoms. The Bertz CT molecular complexity index is 777. The van der Waals surface area contributed by atoms with Gasteiger partial charge >= 0.3 is 0 Å². The molecule has 132 valence electrons. The van der Waals surface area contributed by atoms with Gasteiger partial charge in [-0.15, -0.1) is 11.8 Å². The van der Waals surface area contributed by atoms with Gasteiger partial charge in [-0.05, 0) is 30.5 Å². The number of fused-ring (bicyclic) bond motifs is 4. The van der Waals surface area contributed by atoms with E-state index in [-0.39, 0.29) is 11.7 Å². The van der Waals surface area contributed by atoms with Crippen molar-refractivity contribution in [2.75, 3.05) is 25.4 Å². The third kappa shape index (κ3) is 3.84. The van der Waals surface area contributed by atoms with Crippen LogP contribution in [0, 0.1) is 5.92 Å². The maximum Gasteiger partial charge on any atom is 0.250 e. The number of aromatic nitrogens is 1. The van der Waals surface area contributed by atoms with Gasteiger partial charge in [0.15, 0.2) is 0 Å². The van der Waals surface area contributed by atoms with Crippen LogP contribution in [-0.2, 0) is 6.54 Å². The standard InChI is InChI=1S/C20H24N2O2S/c23-17(14-25-18-5-2-1-3-6-18)13-21-10-15-9-16(12-21)19-7-4-8-20(24)22(19)11-15/h1-8,15-17,23H,9-14H2/t15-,16+,17+/m0/s1. The van der Waals surface area contributed by atoms with Crippen LogP contribution in [0.2, 0.25) is 0 Å². The van der Waals surface area contributed by atoms with Gasteiger partial charge in [-0.25, -0.2) is 0 Å². The van der Waals surface area contributed by atoms with Gasteiger partial charge in [0.2, 0.25) is 0 Å². The highest BCUT2D eigenvalue weighted by molar-refractivity contribution is 7.99. The lowest BCUT2D eigenvalue weighted by molar-refractivity contribution is 0.0717. The number of pyridine rings is 1. The maximum absolute atomic E-state index is 12.1. The lowest BCUT2D eigenvalue weighted by Crippen LogP contribution is -2.49. The van der Waals surface area contributed by atoms with Crippen LogP contribution in [-0.4, -0.2) is 46.1 Å². The highest BCUT2D eigenvalue weighted by atomic mass is 32.2. The van der Waals surface area contributed by atoms with Crippen LogP contribution >= 0.6 is 11.8 Å². The van der Waals surface area contributed by atoms with Gasteiger partial charge < -0.3 is 9.67 Å². The van der Waals surface area contributed by atoms with E-state index in [0.29, 0.717) is 24.1 Å². The molecule has 4 nitrogen and oxygen atoms in total. The van der Waals surface area contributed by atoms with Crippen LogP contribution in [0.1, 0.15) is 18.0 Å². The number of thioether (sulfide) groups is 1. The minimum atomic E-state index is -0.331. The van der Waals surface area contributed by atoms with Crippen molar-refractivity contribution < 1.29 is 5.11 Å². The fraction of sp³-hybridized carbons (Fsp3) is 0.450. The van der Waals surface area contributed by atoms with Gasteiger partial charge in [-0.3, -0.25) is 9.69 Å². The summed E-state index contributed by atoms with van der Waals surface area (Å²) in [5.74, 6) is 1.64. The maximum atomic E-state index is 12.1. The minimum Gasteiger partial charge on any atom is -0.391 e. The highest BCUT2D eigenvalue weighted by Gasteiger charge is 2.34. The summed E-state index contributed by atoms with van der Waals surface area (Å²) in [6.07, 6.45) is 0.830. The van der Waals surface area contributed by atoms with Gasteiger partial charge in [-0.2, -0.15) is 0 Å². The number of aliphatic hydroxyl groups is 1. The Hall–Kier alpha value is -1.56. The van der Waals surface area contributed by atoms with Gasteiger partial charge in [0.25, 0.3) is 5.56 Å². The molecule has 1 N–H and O–H groups in total. The molecule has 4 rings (SSSR count). The normalized spacial score (nSPS) is 23.9. The molecular weight excluding hydrogens is 332 g/mol. The Morgan fingerprint density at radius 1 is 1.08 bits per heavy atom. The highest BCUT2D eigenvalue weighted by Crippen LogP contribution is 2.35. The molecular formula is C20H24N2O2S. The summed E-state index contributed by atoms with van der Waals surface area (Å²) in [6, 6.07) is 15.9. The lowest BCUT2D eigenvalue weighted by atomic mass is 9.83. The van der Waals surface area contributed by atoms with Crippen molar-refractivity contribution in [3.63, 3.8) is 0 Å². The molecule has 1 aromatic carbocycles. The van der Waals surface area contributed by atoms with Crippen molar-refractivity contribution in [3.8, 4) is 0 Å². The molecule has 0 aliphatic carbocycles. The topological polar surface area (TPSA) is 45.5 Å². The largest absolute Gasteiger partial charge is 0.391 e. The summed E-state index contributed by atoms with van der Waals surface area (Å²) in [6.45, 7) is 3.44. The third-order valence-corrected chi connectivity index (χ3v) is 6.37. The van der Waals surface area contributed by atoms with Crippen LogP contribution in [0.5, 0.6) is 0 Å². The molecule has 0 radical (unpaired) electrons. The molecule has 2 aromatic rings. The summed E-state index contributed by atoms with van der Waals surface area (Å²) in [4.78, 5) is 15.7. The Morgan fingerprint density at radius 3 is 2.76 bits per heavy atom. The zero-order valence-corrected chi connectivity index (χ0v) is 15.1. The van der Waals surface area contributed by atoms with Gasteiger partial charge in [-0.1, -0.05) is 24.3 Å². The van der Waals surface area contributed by atoms with E-state index in [9.17, 15) is 9.90 Å². The Balaban J connectivity index is 1.36. The Morgan fingerprint density at radius 2 is 1.92 bits per heavy atom. The smallest absolute Gasteiger partial charge is 0.250 e. The van der Waals surface area contributed by atoms with Crippen molar-refractivity contribution in [2.45, 2.75) is 29.9 Å². The van der Waals surface area contributed by atoms with Crippen LogP contribution in [0.3, 0.4) is 0 Å². The first-order chi connectivity index (χ1) is 12.2. The van der Waals surface area contributed by atoms with E-state index in [4.69, 9.17) is 0 Å². The fourth-order valence-electron chi connectivity index (χ4n) is 4.20. The number of β-amino-alcohol motifs (C(OH)–C–C–N with tert-alkyl or cyclic N) is 1. The monoisotopic (exact) mass is 356 g/mol. The van der Waals surface area contributed by atoms with E-state index < -0.39 is 0 Å². The first-order valence-corrected chi connectivity index (χ1v) is 9.95. The van der Waals surface area contributed by atoms with Crippen LogP contribution in [0.4, 0.5) is 0 Å². The minimum absolute atomic E-state index is 0.125. The number of aliphatic hydroxyl groups excluding tert-OH is 1. The van der Waals surface area contributed by atoms with Gasteiger partial charge in [0.1, 0.15) is 0 Å². The summed E-state index contributed by atoms with van der Waals surface area (Å²) in [5.41, 5.74) is 1.29. The number of benzene rings is 1. The average Bonchev–Trinajstić information content (AvgIpc) is 2.62. The molecule has 1 aromatic heterocycles. The van der Waals surface area contributed by atoms with Crippen LogP contribution in [0.15, 0.2) is 58.2 Å². The fourth-order valence-corrected chi connectivity index (χ4v) is 5.04. The van der Waals surface area contributed by atoms with Crippen molar-refractivity contribution in [2.24, 2.45) is 5.92 Å². The first-order valence-electron chi connectivity index (χ1n) is 8.97. The van der Waals surface area contributed by atoms with E-state index in [0.717, 1.165) is 26.1 Å². The lowest BCUT2D eigenvalue weighted by Gasteiger charge is -2.43. The zero-order chi connectivity index (χ0) is 17.2. The second-order valence-electron chi connectivity index (χ2n) is 7.19. The molecule has 1 saturated heterocycles. The molecule has 2 aliphatic rings. The Kier molecular flexibility index (Phi) is 4.97. The first kappa shape index (κ1) is 16.9. The number of nitrogens with zero attached hydrogens (tertiary/aromatic N) is 2. The predicted molar refractivity (Wildman–Crippen MR) is 101 cm³/mol. The summed E-state index contributed by atoms with van der Waals surface area (Å²) >= 11 is 1.71. The van der Waals surface area contributed by atoms with E-state index in [1.807, 2.05) is 28.8 Å². The molecule has 0 spiro atoms. The van der Waals surface area contributed by atoms with Crippen LogP contribution in [0.25, 0.3) is 0 Å². The van der Waals surface area contributed by atoms with E-state index >= 15 is 0 Å². The summed E-state index contributed by atoms with van der Waals surface area (Å²) in [5, 5.41) is 10.4. The number of likely N-dealkylation sites (tertiary alicyclic amines) is 1. The second kappa shape index (κ2) is 7.36. The number of piperidine rings is 1. The molecule has 3 atom stereocenters. The molecule has 2 bridgehead atoms. The van der Waals surface area contributed by atoms with Crippen molar-refractivity contribution in [1.29, 1.82) is 0 Å². The van der Waals surface area contributed by atoms with Gasteiger partial charge in [0.05, 0.1) is 6.10 Å². The number of rotatable bonds is 5. The third-order valence-electron chi connectivity index (χ3n) is 5.21. The van der Waals surface area contributed by atoms with Crippen molar-refractivity contribution in [1.82, 2.24) is 9.47 Å². The molecule has 0 amide bonds. The van der Waals surface area contributed by atoms with E-state index in [2.05, 4.69) is 23.1 Å². The quantitative estimate of drug-likeness (QED) is 0.836. The predicted octanol–water partition coefficient (Wildman–Crippen LogP) is 2.42. The molecule has 2 aliphatic heterocycles. The van der Waals surface area contributed by atoms with Crippen LogP contribution < -0.4 is 5.56 Å². The molecule has 5 heteroatoms. The SMILES string of the molecule is O=c1cccc2n1C[C@H]1C[C@@H]2CN(C[C@@H](O)CSc2ccccc2)C1. The molecule has 1 fully saturated rings. The second-order valence-corrected chi connectivity index (χ2v) is 8.29. The average molecular weight is 356 g/mol. The number of hydrogen-bond donors (Lipinski definition) is 1. The number of hydrogen-bond acceptors (Lipinski definition) is 4. The van der Waals surface area contributed by atoms with E-state index in [1.165, 1.54) is 10.6 Å². The zero-order valence-electron chi connectivity index (χ0n) is 14.3. The van der Waals surface area contributed by atoms with Crippen molar-refractivity contribution >= 4 is 11.8 Å². The van der Waals surface area contributed by atoms with Crippen molar-refractivity contribution in [3.05, 3.63) is 64.6 Å². The molecule has 3 heterocycles. The molecule has 0 unspecified atom stereocenters. The Labute approximate surface area is 152 Å².